The first kappa shape index (κ1) is 16.5. The van der Waals surface area contributed by atoms with Crippen LogP contribution in [-0.4, -0.2) is 17.6 Å². The van der Waals surface area contributed by atoms with Crippen molar-refractivity contribution in [3.63, 3.8) is 0 Å². The average molecular weight is 333 g/mol. The molecule has 25 heavy (non-hydrogen) atoms. The first-order chi connectivity index (χ1) is 12.3. The highest BCUT2D eigenvalue weighted by molar-refractivity contribution is 5.90. The maximum absolute atomic E-state index is 12.1. The lowest BCUT2D eigenvalue weighted by Crippen LogP contribution is -2.30. The van der Waals surface area contributed by atoms with Crippen LogP contribution >= 0.6 is 0 Å². The lowest BCUT2D eigenvalue weighted by atomic mass is 10.2. The predicted octanol–water partition coefficient (Wildman–Crippen LogP) is 4.24. The van der Waals surface area contributed by atoms with Gasteiger partial charge in [0.25, 0.3) is 0 Å². The number of nitrogens with one attached hydrogen (secondary N) is 2. The summed E-state index contributed by atoms with van der Waals surface area (Å²) in [4.78, 5) is 16.2. The van der Waals surface area contributed by atoms with E-state index in [0.29, 0.717) is 23.7 Å². The van der Waals surface area contributed by atoms with E-state index >= 15 is 0 Å². The third-order valence-corrected chi connectivity index (χ3v) is 3.53. The number of carbonyl (C=O) groups is 1. The van der Waals surface area contributed by atoms with Crippen LogP contribution < -0.4 is 15.4 Å². The predicted molar refractivity (Wildman–Crippen MR) is 97.9 cm³/mol. The van der Waals surface area contributed by atoms with Gasteiger partial charge in [0, 0.05) is 18.9 Å². The Balaban J connectivity index is 1.56. The van der Waals surface area contributed by atoms with Gasteiger partial charge in [-0.25, -0.2) is 4.79 Å². The lowest BCUT2D eigenvalue weighted by Gasteiger charge is -2.13. The van der Waals surface area contributed by atoms with E-state index in [1.807, 2.05) is 60.7 Å². The number of para-hydroxylation sites is 3. The molecule has 2 amide bonds. The van der Waals surface area contributed by atoms with Gasteiger partial charge >= 0.3 is 6.03 Å². The van der Waals surface area contributed by atoms with Crippen LogP contribution in [0, 0.1) is 0 Å². The zero-order chi connectivity index (χ0) is 17.3. The Labute approximate surface area is 146 Å². The van der Waals surface area contributed by atoms with Crippen molar-refractivity contribution in [3.05, 3.63) is 84.7 Å². The molecule has 0 fully saturated rings. The highest BCUT2D eigenvalue weighted by Crippen LogP contribution is 2.28. The quantitative estimate of drug-likeness (QED) is 0.709. The summed E-state index contributed by atoms with van der Waals surface area (Å²) in [5.74, 6) is 1.31. The fraction of sp³-hybridized carbons (Fsp3) is 0.100. The summed E-state index contributed by atoms with van der Waals surface area (Å²) in [5.41, 5.74) is 1.70. The minimum Gasteiger partial charge on any atom is -0.455 e. The largest absolute Gasteiger partial charge is 0.455 e. The van der Waals surface area contributed by atoms with Crippen molar-refractivity contribution in [2.75, 3.05) is 11.9 Å². The van der Waals surface area contributed by atoms with Crippen LogP contribution in [0.4, 0.5) is 10.5 Å². The van der Waals surface area contributed by atoms with Gasteiger partial charge in [0.2, 0.25) is 0 Å². The first-order valence-corrected chi connectivity index (χ1v) is 8.07. The molecule has 0 aliphatic heterocycles. The van der Waals surface area contributed by atoms with E-state index in [4.69, 9.17) is 4.74 Å². The van der Waals surface area contributed by atoms with Crippen molar-refractivity contribution in [2.24, 2.45) is 0 Å². The van der Waals surface area contributed by atoms with Crippen LogP contribution in [0.1, 0.15) is 5.56 Å². The molecule has 3 rings (SSSR count). The molecule has 0 aliphatic carbocycles. The molecular weight excluding hydrogens is 314 g/mol. The number of carbonyl (C=O) groups excluding carboxylic acids is 1. The summed E-state index contributed by atoms with van der Waals surface area (Å²) in [6.07, 6.45) is 4.25. The van der Waals surface area contributed by atoms with Crippen molar-refractivity contribution < 1.29 is 9.53 Å². The third-order valence-electron chi connectivity index (χ3n) is 3.53. The fourth-order valence-electron chi connectivity index (χ4n) is 2.31. The molecule has 5 nitrogen and oxygen atoms in total. The van der Waals surface area contributed by atoms with Gasteiger partial charge in [0.1, 0.15) is 5.75 Å². The van der Waals surface area contributed by atoms with Crippen molar-refractivity contribution in [1.82, 2.24) is 10.3 Å². The Kier molecular flexibility index (Phi) is 5.61. The maximum Gasteiger partial charge on any atom is 0.319 e. The number of nitrogens with zero attached hydrogens (tertiary/aromatic N) is 1. The molecule has 0 saturated heterocycles. The summed E-state index contributed by atoms with van der Waals surface area (Å²) >= 11 is 0. The van der Waals surface area contributed by atoms with E-state index in [1.54, 1.807) is 18.5 Å². The highest BCUT2D eigenvalue weighted by Gasteiger charge is 2.08. The van der Waals surface area contributed by atoms with E-state index in [1.165, 1.54) is 0 Å². The lowest BCUT2D eigenvalue weighted by molar-refractivity contribution is 0.252. The van der Waals surface area contributed by atoms with E-state index in [2.05, 4.69) is 15.6 Å². The molecule has 3 aromatic rings. The molecule has 0 radical (unpaired) electrons. The summed E-state index contributed by atoms with van der Waals surface area (Å²) in [7, 11) is 0. The first-order valence-electron chi connectivity index (χ1n) is 8.07. The van der Waals surface area contributed by atoms with E-state index < -0.39 is 0 Å². The number of amides is 2. The molecule has 0 saturated carbocycles. The minimum atomic E-state index is -0.270. The third kappa shape index (κ3) is 5.07. The number of hydrogen-bond acceptors (Lipinski definition) is 3. The molecule has 2 aromatic carbocycles. The number of hydrogen-bond donors (Lipinski definition) is 2. The summed E-state index contributed by atoms with van der Waals surface area (Å²) in [6, 6.07) is 20.4. The van der Waals surface area contributed by atoms with Crippen LogP contribution in [0.25, 0.3) is 0 Å². The van der Waals surface area contributed by atoms with Crippen LogP contribution in [0.5, 0.6) is 11.5 Å². The van der Waals surface area contributed by atoms with Gasteiger partial charge in [-0.05, 0) is 42.3 Å². The normalized spacial score (nSPS) is 10.1. The van der Waals surface area contributed by atoms with E-state index in [-0.39, 0.29) is 6.03 Å². The van der Waals surface area contributed by atoms with Crippen molar-refractivity contribution in [3.8, 4) is 11.5 Å². The Bertz CT molecular complexity index is 807. The molecule has 0 unspecified atom stereocenters. The SMILES string of the molecule is O=C(NCCc1cccnc1)Nc1ccccc1Oc1ccccc1. The molecular formula is C20H19N3O2. The smallest absolute Gasteiger partial charge is 0.319 e. The molecule has 1 aromatic heterocycles. The molecule has 0 atom stereocenters. The van der Waals surface area contributed by atoms with Crippen molar-refractivity contribution >= 4 is 11.7 Å². The van der Waals surface area contributed by atoms with Gasteiger partial charge in [-0.1, -0.05) is 36.4 Å². The van der Waals surface area contributed by atoms with E-state index in [9.17, 15) is 4.79 Å². The number of rotatable bonds is 6. The minimum absolute atomic E-state index is 0.270. The molecule has 0 aliphatic rings. The van der Waals surface area contributed by atoms with Gasteiger partial charge in [-0.15, -0.1) is 0 Å². The number of urea groups is 1. The molecule has 0 spiro atoms. The Morgan fingerprint density at radius 3 is 2.56 bits per heavy atom. The summed E-state index contributed by atoms with van der Waals surface area (Å²) in [5, 5.41) is 5.66. The Morgan fingerprint density at radius 2 is 1.76 bits per heavy atom. The van der Waals surface area contributed by atoms with Crippen molar-refractivity contribution in [1.29, 1.82) is 0 Å². The Morgan fingerprint density at radius 1 is 0.960 bits per heavy atom. The van der Waals surface area contributed by atoms with Gasteiger partial charge < -0.3 is 15.4 Å². The fourth-order valence-corrected chi connectivity index (χ4v) is 2.31. The van der Waals surface area contributed by atoms with Crippen molar-refractivity contribution in [2.45, 2.75) is 6.42 Å². The standard InChI is InChI=1S/C20H19N3O2/c24-20(22-14-12-16-7-6-13-21-15-16)23-18-10-4-5-11-19(18)25-17-8-2-1-3-9-17/h1-11,13,15H,12,14H2,(H2,22,23,24). The second kappa shape index (κ2) is 8.49. The van der Waals surface area contributed by atoms with Gasteiger partial charge in [0.15, 0.2) is 5.75 Å². The zero-order valence-electron chi connectivity index (χ0n) is 13.7. The topological polar surface area (TPSA) is 63.2 Å². The summed E-state index contributed by atoms with van der Waals surface area (Å²) < 4.78 is 5.83. The van der Waals surface area contributed by atoms with Crippen LogP contribution in [0.3, 0.4) is 0 Å². The zero-order valence-corrected chi connectivity index (χ0v) is 13.7. The number of benzene rings is 2. The second-order valence-corrected chi connectivity index (χ2v) is 5.40. The molecule has 0 bridgehead atoms. The average Bonchev–Trinajstić information content (AvgIpc) is 2.65. The highest BCUT2D eigenvalue weighted by atomic mass is 16.5. The maximum atomic E-state index is 12.1. The van der Waals surface area contributed by atoms with Crippen LogP contribution in [0.15, 0.2) is 79.1 Å². The summed E-state index contributed by atoms with van der Waals surface area (Å²) in [6.45, 7) is 0.527. The Hall–Kier alpha value is -3.34. The van der Waals surface area contributed by atoms with E-state index in [0.717, 1.165) is 12.0 Å². The van der Waals surface area contributed by atoms with Crippen LogP contribution in [-0.2, 0) is 6.42 Å². The molecule has 126 valence electrons. The second-order valence-electron chi connectivity index (χ2n) is 5.40. The molecule has 5 heteroatoms. The van der Waals surface area contributed by atoms with Gasteiger partial charge in [-0.2, -0.15) is 0 Å². The number of ether oxygens (including phenoxy) is 1. The number of pyridine rings is 1. The monoisotopic (exact) mass is 333 g/mol. The van der Waals surface area contributed by atoms with Gasteiger partial charge in [-0.3, -0.25) is 4.98 Å². The molecule has 1 heterocycles. The number of aromatic nitrogens is 1. The van der Waals surface area contributed by atoms with Crippen LogP contribution in [0.2, 0.25) is 0 Å². The number of anilines is 1. The molecule has 2 N–H and O–H groups in total. The van der Waals surface area contributed by atoms with Gasteiger partial charge in [0.05, 0.1) is 5.69 Å².